The van der Waals surface area contributed by atoms with Crippen molar-refractivity contribution < 1.29 is 8.42 Å². The fourth-order valence-electron chi connectivity index (χ4n) is 2.66. The number of primary sulfonamides is 1. The standard InChI is InChI=1S/C13H22N4O2S/c1-9-8-17(2)6-5-11(9)16-12-4-3-10(14)7-13(12)20(15,18)19/h3-4,7,9,11,16H,5-6,8,14H2,1-2H3,(H2,15,18,19). The Kier molecular flexibility index (Phi) is 4.22. The van der Waals surface area contributed by atoms with E-state index in [4.69, 9.17) is 10.9 Å². The summed E-state index contributed by atoms with van der Waals surface area (Å²) in [6, 6.07) is 4.99. The van der Waals surface area contributed by atoms with Crippen molar-refractivity contribution >= 4 is 21.4 Å². The maximum atomic E-state index is 11.7. The fourth-order valence-corrected chi connectivity index (χ4v) is 3.40. The van der Waals surface area contributed by atoms with Crippen molar-refractivity contribution in [3.63, 3.8) is 0 Å². The van der Waals surface area contributed by atoms with E-state index in [1.165, 1.54) is 6.07 Å². The smallest absolute Gasteiger partial charge is 0.240 e. The Morgan fingerprint density at radius 3 is 2.70 bits per heavy atom. The summed E-state index contributed by atoms with van der Waals surface area (Å²) in [5, 5.41) is 8.57. The van der Waals surface area contributed by atoms with Gasteiger partial charge in [0.25, 0.3) is 0 Å². The van der Waals surface area contributed by atoms with E-state index in [1.807, 2.05) is 0 Å². The average Bonchev–Trinajstić information content (AvgIpc) is 2.33. The molecule has 2 rings (SSSR count). The van der Waals surface area contributed by atoms with Crippen molar-refractivity contribution in [2.75, 3.05) is 31.2 Å². The highest BCUT2D eigenvalue weighted by molar-refractivity contribution is 7.89. The number of sulfonamides is 1. The second kappa shape index (κ2) is 5.59. The van der Waals surface area contributed by atoms with Crippen molar-refractivity contribution in [1.29, 1.82) is 0 Å². The highest BCUT2D eigenvalue weighted by Gasteiger charge is 2.25. The molecule has 112 valence electrons. The molecule has 1 aromatic carbocycles. The first-order valence-electron chi connectivity index (χ1n) is 6.65. The van der Waals surface area contributed by atoms with Crippen LogP contribution in [-0.4, -0.2) is 39.5 Å². The van der Waals surface area contributed by atoms with Crippen molar-refractivity contribution in [1.82, 2.24) is 4.90 Å². The first-order chi connectivity index (χ1) is 9.27. The number of hydrogen-bond donors (Lipinski definition) is 3. The molecule has 7 heteroatoms. The zero-order valence-electron chi connectivity index (χ0n) is 11.8. The summed E-state index contributed by atoms with van der Waals surface area (Å²) in [7, 11) is -1.70. The van der Waals surface area contributed by atoms with Gasteiger partial charge in [0.1, 0.15) is 4.90 Å². The molecule has 0 spiro atoms. The van der Waals surface area contributed by atoms with E-state index in [0.29, 0.717) is 17.3 Å². The van der Waals surface area contributed by atoms with Gasteiger partial charge in [-0.3, -0.25) is 0 Å². The Morgan fingerprint density at radius 2 is 2.10 bits per heavy atom. The summed E-state index contributed by atoms with van der Waals surface area (Å²) in [4.78, 5) is 2.33. The van der Waals surface area contributed by atoms with E-state index < -0.39 is 10.0 Å². The lowest BCUT2D eigenvalue weighted by Gasteiger charge is -2.36. The van der Waals surface area contributed by atoms with Gasteiger partial charge in [0.05, 0.1) is 5.69 Å². The lowest BCUT2D eigenvalue weighted by molar-refractivity contribution is 0.206. The molecular weight excluding hydrogens is 276 g/mol. The molecule has 0 radical (unpaired) electrons. The minimum Gasteiger partial charge on any atom is -0.399 e. The van der Waals surface area contributed by atoms with Crippen LogP contribution in [0.25, 0.3) is 0 Å². The monoisotopic (exact) mass is 298 g/mol. The number of anilines is 2. The number of nitrogens with two attached hydrogens (primary N) is 2. The summed E-state index contributed by atoms with van der Waals surface area (Å²) < 4.78 is 23.3. The molecule has 6 nitrogen and oxygen atoms in total. The summed E-state index contributed by atoms with van der Waals surface area (Å²) >= 11 is 0. The normalized spacial score (nSPS) is 24.6. The van der Waals surface area contributed by atoms with Gasteiger partial charge in [-0.2, -0.15) is 0 Å². The maximum Gasteiger partial charge on any atom is 0.240 e. The number of piperidine rings is 1. The lowest BCUT2D eigenvalue weighted by Crippen LogP contribution is -2.43. The summed E-state index contributed by atoms with van der Waals surface area (Å²) in [6.07, 6.45) is 0.964. The Morgan fingerprint density at radius 1 is 1.40 bits per heavy atom. The molecule has 0 aliphatic carbocycles. The summed E-state index contributed by atoms with van der Waals surface area (Å²) in [6.45, 7) is 4.13. The van der Waals surface area contributed by atoms with Crippen LogP contribution in [0, 0.1) is 5.92 Å². The third kappa shape index (κ3) is 3.41. The van der Waals surface area contributed by atoms with Crippen LogP contribution >= 0.6 is 0 Å². The van der Waals surface area contributed by atoms with Gasteiger partial charge in [-0.05, 0) is 44.1 Å². The van der Waals surface area contributed by atoms with Crippen molar-refractivity contribution in [3.8, 4) is 0 Å². The molecule has 0 saturated carbocycles. The highest BCUT2D eigenvalue weighted by atomic mass is 32.2. The van der Waals surface area contributed by atoms with Gasteiger partial charge >= 0.3 is 0 Å². The van der Waals surface area contributed by atoms with Gasteiger partial charge in [-0.25, -0.2) is 13.6 Å². The number of nitrogens with one attached hydrogen (secondary N) is 1. The molecule has 2 unspecified atom stereocenters. The van der Waals surface area contributed by atoms with E-state index in [2.05, 4.69) is 24.2 Å². The highest BCUT2D eigenvalue weighted by Crippen LogP contribution is 2.27. The first-order valence-corrected chi connectivity index (χ1v) is 8.19. The minimum absolute atomic E-state index is 0.0589. The Bertz CT molecular complexity index is 588. The lowest BCUT2D eigenvalue weighted by atomic mass is 9.94. The molecular formula is C13H22N4O2S. The number of likely N-dealkylation sites (tertiary alicyclic amines) is 1. The van der Waals surface area contributed by atoms with Crippen molar-refractivity contribution in [2.24, 2.45) is 11.1 Å². The van der Waals surface area contributed by atoms with Crippen LogP contribution in [0.2, 0.25) is 0 Å². The Labute approximate surface area is 120 Å². The average molecular weight is 298 g/mol. The van der Waals surface area contributed by atoms with Gasteiger partial charge in [0.15, 0.2) is 0 Å². The molecule has 1 saturated heterocycles. The predicted molar refractivity (Wildman–Crippen MR) is 80.9 cm³/mol. The van der Waals surface area contributed by atoms with Crippen molar-refractivity contribution in [3.05, 3.63) is 18.2 Å². The van der Waals surface area contributed by atoms with Gasteiger partial charge < -0.3 is 16.0 Å². The third-order valence-corrected chi connectivity index (χ3v) is 4.71. The SMILES string of the molecule is CC1CN(C)CCC1Nc1ccc(N)cc1S(N)(=O)=O. The Hall–Kier alpha value is -1.31. The van der Waals surface area contributed by atoms with Crippen LogP contribution in [0.4, 0.5) is 11.4 Å². The molecule has 0 aromatic heterocycles. The molecule has 1 aromatic rings. The van der Waals surface area contributed by atoms with E-state index in [9.17, 15) is 8.42 Å². The van der Waals surface area contributed by atoms with Crippen LogP contribution in [0.1, 0.15) is 13.3 Å². The summed E-state index contributed by atoms with van der Waals surface area (Å²) in [5.41, 5.74) is 6.56. The molecule has 1 aliphatic heterocycles. The first kappa shape index (κ1) is 15.1. The van der Waals surface area contributed by atoms with Crippen LogP contribution < -0.4 is 16.2 Å². The predicted octanol–water partition coefficient (Wildman–Crippen LogP) is 0.668. The second-order valence-electron chi connectivity index (χ2n) is 5.58. The quantitative estimate of drug-likeness (QED) is 0.712. The largest absolute Gasteiger partial charge is 0.399 e. The molecule has 1 fully saturated rings. The number of rotatable bonds is 3. The van der Waals surface area contributed by atoms with Crippen molar-refractivity contribution in [2.45, 2.75) is 24.3 Å². The van der Waals surface area contributed by atoms with Gasteiger partial charge in [-0.15, -0.1) is 0 Å². The third-order valence-electron chi connectivity index (χ3n) is 3.76. The Balaban J connectivity index is 2.26. The van der Waals surface area contributed by atoms with Crippen LogP contribution in [0.15, 0.2) is 23.1 Å². The molecule has 1 heterocycles. The maximum absolute atomic E-state index is 11.7. The summed E-state index contributed by atoms with van der Waals surface area (Å²) in [5.74, 6) is 0.430. The molecule has 0 amide bonds. The van der Waals surface area contributed by atoms with Crippen LogP contribution in [0.3, 0.4) is 0 Å². The van der Waals surface area contributed by atoms with Crippen LogP contribution in [0.5, 0.6) is 0 Å². The molecule has 1 aliphatic rings. The number of hydrogen-bond acceptors (Lipinski definition) is 5. The van der Waals surface area contributed by atoms with Crippen LogP contribution in [-0.2, 0) is 10.0 Å². The number of benzene rings is 1. The molecule has 20 heavy (non-hydrogen) atoms. The van der Waals surface area contributed by atoms with Gasteiger partial charge in [-0.1, -0.05) is 6.92 Å². The second-order valence-corrected chi connectivity index (χ2v) is 7.11. The topological polar surface area (TPSA) is 101 Å². The fraction of sp³-hybridized carbons (Fsp3) is 0.538. The zero-order valence-corrected chi connectivity index (χ0v) is 12.7. The van der Waals surface area contributed by atoms with E-state index in [-0.39, 0.29) is 10.9 Å². The van der Waals surface area contributed by atoms with Gasteiger partial charge in [0, 0.05) is 18.3 Å². The van der Waals surface area contributed by atoms with Gasteiger partial charge in [0.2, 0.25) is 10.0 Å². The van der Waals surface area contributed by atoms with E-state index in [0.717, 1.165) is 19.5 Å². The zero-order chi connectivity index (χ0) is 14.9. The number of nitrogens with zero attached hydrogens (tertiary/aromatic N) is 1. The molecule has 5 N–H and O–H groups in total. The van der Waals surface area contributed by atoms with E-state index in [1.54, 1.807) is 12.1 Å². The molecule has 2 atom stereocenters. The minimum atomic E-state index is -3.79. The number of nitrogen functional groups attached to an aromatic ring is 1. The van der Waals surface area contributed by atoms with E-state index >= 15 is 0 Å². The molecule has 0 bridgehead atoms.